The lowest BCUT2D eigenvalue weighted by atomic mass is 10.0. The summed E-state index contributed by atoms with van der Waals surface area (Å²) in [6.07, 6.45) is 6.84. The van der Waals surface area contributed by atoms with Gasteiger partial charge in [0.05, 0.1) is 6.10 Å². The number of hydrogen-bond acceptors (Lipinski definition) is 2. The molecule has 1 aliphatic carbocycles. The Morgan fingerprint density at radius 2 is 2.00 bits per heavy atom. The largest absolute Gasteiger partial charge is 0.380 e. The van der Waals surface area contributed by atoms with Crippen LogP contribution in [0.2, 0.25) is 0 Å². The Labute approximate surface area is 88.4 Å². The number of ether oxygens (including phenoxy) is 1. The van der Waals surface area contributed by atoms with Gasteiger partial charge in [0, 0.05) is 13.2 Å². The van der Waals surface area contributed by atoms with Crippen LogP contribution in [-0.2, 0) is 4.74 Å². The summed E-state index contributed by atoms with van der Waals surface area (Å²) >= 11 is 0. The van der Waals surface area contributed by atoms with Crippen molar-refractivity contribution in [3.05, 3.63) is 0 Å². The molecule has 0 bridgehead atoms. The molecule has 1 fully saturated rings. The molecule has 0 radical (unpaired) electrons. The Bertz CT molecular complexity index is 145. The molecular weight excluding hydrogens is 174 g/mol. The fourth-order valence-electron chi connectivity index (χ4n) is 2.10. The van der Waals surface area contributed by atoms with Crippen molar-refractivity contribution in [3.63, 3.8) is 0 Å². The van der Waals surface area contributed by atoms with Crippen molar-refractivity contribution in [2.75, 3.05) is 13.7 Å². The normalized spacial score (nSPS) is 20.8. The van der Waals surface area contributed by atoms with Crippen molar-refractivity contribution < 1.29 is 4.74 Å². The van der Waals surface area contributed by atoms with Gasteiger partial charge in [-0.1, -0.05) is 20.3 Å². The van der Waals surface area contributed by atoms with Crippen LogP contribution in [0.3, 0.4) is 0 Å². The van der Waals surface area contributed by atoms with Crippen LogP contribution in [-0.4, -0.2) is 25.8 Å². The van der Waals surface area contributed by atoms with Gasteiger partial charge in [0.25, 0.3) is 0 Å². The smallest absolute Gasteiger partial charge is 0.0726 e. The van der Waals surface area contributed by atoms with Crippen molar-refractivity contribution in [2.45, 2.75) is 58.1 Å². The van der Waals surface area contributed by atoms with E-state index in [4.69, 9.17) is 4.74 Å². The first kappa shape index (κ1) is 12.0. The van der Waals surface area contributed by atoms with Gasteiger partial charge in [0.1, 0.15) is 0 Å². The van der Waals surface area contributed by atoms with Crippen LogP contribution in [0.4, 0.5) is 0 Å². The van der Waals surface area contributed by atoms with Crippen LogP contribution >= 0.6 is 0 Å². The Balaban J connectivity index is 2.37. The zero-order valence-corrected chi connectivity index (χ0v) is 9.88. The molecule has 0 saturated heterocycles. The molecule has 0 aromatic heterocycles. The van der Waals surface area contributed by atoms with Crippen molar-refractivity contribution in [1.82, 2.24) is 5.32 Å². The van der Waals surface area contributed by atoms with Gasteiger partial charge in [0.15, 0.2) is 0 Å². The lowest BCUT2D eigenvalue weighted by molar-refractivity contribution is 0.0539. The molecule has 0 aliphatic heterocycles. The Hall–Kier alpha value is -0.0800. The third kappa shape index (κ3) is 3.58. The first-order valence-corrected chi connectivity index (χ1v) is 6.09. The van der Waals surface area contributed by atoms with Crippen molar-refractivity contribution in [2.24, 2.45) is 5.92 Å². The van der Waals surface area contributed by atoms with Crippen molar-refractivity contribution in [1.29, 1.82) is 0 Å². The number of nitrogens with one attached hydrogen (secondary N) is 1. The highest BCUT2D eigenvalue weighted by Crippen LogP contribution is 2.35. The summed E-state index contributed by atoms with van der Waals surface area (Å²) in [5, 5.41) is 3.64. The number of methoxy groups -OCH3 is 1. The maximum absolute atomic E-state index is 5.59. The standard InChI is InChI=1S/C12H25NO/c1-4-6-11(14-3)12(10-7-8-10)13-9-5-2/h10-13H,4-9H2,1-3H3. The fraction of sp³-hybridized carbons (Fsp3) is 1.00. The maximum Gasteiger partial charge on any atom is 0.0726 e. The SMILES string of the molecule is CCCNC(C1CC1)C(CCC)OC. The van der Waals surface area contributed by atoms with Crippen LogP contribution < -0.4 is 5.32 Å². The van der Waals surface area contributed by atoms with E-state index >= 15 is 0 Å². The zero-order chi connectivity index (χ0) is 10.4. The molecule has 2 nitrogen and oxygen atoms in total. The summed E-state index contributed by atoms with van der Waals surface area (Å²) in [7, 11) is 1.85. The number of hydrogen-bond donors (Lipinski definition) is 1. The minimum absolute atomic E-state index is 0.430. The first-order chi connectivity index (χ1) is 6.83. The lowest BCUT2D eigenvalue weighted by Crippen LogP contribution is -2.43. The molecule has 0 spiro atoms. The van der Waals surface area contributed by atoms with Gasteiger partial charge in [-0.3, -0.25) is 0 Å². The van der Waals surface area contributed by atoms with Crippen LogP contribution in [0.15, 0.2) is 0 Å². The molecule has 1 saturated carbocycles. The van der Waals surface area contributed by atoms with Crippen LogP contribution in [0.25, 0.3) is 0 Å². The van der Waals surface area contributed by atoms with Crippen molar-refractivity contribution in [3.8, 4) is 0 Å². The van der Waals surface area contributed by atoms with Gasteiger partial charge < -0.3 is 10.1 Å². The lowest BCUT2D eigenvalue weighted by Gasteiger charge is -2.26. The van der Waals surface area contributed by atoms with Gasteiger partial charge in [0.2, 0.25) is 0 Å². The van der Waals surface area contributed by atoms with Gasteiger partial charge in [-0.25, -0.2) is 0 Å². The van der Waals surface area contributed by atoms with Gasteiger partial charge in [-0.2, -0.15) is 0 Å². The molecule has 0 amide bonds. The molecule has 1 rings (SSSR count). The van der Waals surface area contributed by atoms with E-state index < -0.39 is 0 Å². The van der Waals surface area contributed by atoms with Crippen LogP contribution in [0.5, 0.6) is 0 Å². The second-order valence-electron chi connectivity index (χ2n) is 4.38. The van der Waals surface area contributed by atoms with E-state index in [1.54, 1.807) is 0 Å². The molecular formula is C12H25NO. The second-order valence-corrected chi connectivity index (χ2v) is 4.38. The summed E-state index contributed by atoms with van der Waals surface area (Å²) in [6, 6.07) is 0.611. The third-order valence-corrected chi connectivity index (χ3v) is 3.04. The van der Waals surface area contributed by atoms with Crippen molar-refractivity contribution >= 4 is 0 Å². The molecule has 0 aromatic rings. The molecule has 14 heavy (non-hydrogen) atoms. The average Bonchev–Trinajstić information content (AvgIpc) is 3.00. The molecule has 1 N–H and O–H groups in total. The highest BCUT2D eigenvalue weighted by Gasteiger charge is 2.35. The van der Waals surface area contributed by atoms with E-state index in [1.807, 2.05) is 7.11 Å². The summed E-state index contributed by atoms with van der Waals surface area (Å²) < 4.78 is 5.59. The monoisotopic (exact) mass is 199 g/mol. The minimum Gasteiger partial charge on any atom is -0.380 e. The summed E-state index contributed by atoms with van der Waals surface area (Å²) in [4.78, 5) is 0. The third-order valence-electron chi connectivity index (χ3n) is 3.04. The highest BCUT2D eigenvalue weighted by atomic mass is 16.5. The van der Waals surface area contributed by atoms with E-state index in [2.05, 4.69) is 19.2 Å². The Morgan fingerprint density at radius 3 is 2.43 bits per heavy atom. The maximum atomic E-state index is 5.59. The van der Waals surface area contributed by atoms with Gasteiger partial charge in [-0.15, -0.1) is 0 Å². The van der Waals surface area contributed by atoms with Gasteiger partial charge in [-0.05, 0) is 38.1 Å². The van der Waals surface area contributed by atoms with E-state index in [0.717, 1.165) is 12.5 Å². The minimum atomic E-state index is 0.430. The zero-order valence-electron chi connectivity index (χ0n) is 9.88. The average molecular weight is 199 g/mol. The molecule has 84 valence electrons. The highest BCUT2D eigenvalue weighted by molar-refractivity contribution is 4.91. The Kier molecular flexibility index (Phi) is 5.49. The second kappa shape index (κ2) is 6.41. The predicted octanol–water partition coefficient (Wildman–Crippen LogP) is 2.58. The molecule has 2 unspecified atom stereocenters. The van der Waals surface area contributed by atoms with Crippen LogP contribution in [0, 0.1) is 5.92 Å². The quantitative estimate of drug-likeness (QED) is 0.649. The van der Waals surface area contributed by atoms with Crippen LogP contribution in [0.1, 0.15) is 46.0 Å². The molecule has 2 atom stereocenters. The van der Waals surface area contributed by atoms with E-state index in [0.29, 0.717) is 12.1 Å². The summed E-state index contributed by atoms with van der Waals surface area (Å²) in [6.45, 7) is 5.58. The topological polar surface area (TPSA) is 21.3 Å². The fourth-order valence-corrected chi connectivity index (χ4v) is 2.10. The van der Waals surface area contributed by atoms with Gasteiger partial charge >= 0.3 is 0 Å². The Morgan fingerprint density at radius 1 is 1.29 bits per heavy atom. The van der Waals surface area contributed by atoms with E-state index in [-0.39, 0.29) is 0 Å². The summed E-state index contributed by atoms with van der Waals surface area (Å²) in [5.74, 6) is 0.887. The van der Waals surface area contributed by atoms with E-state index in [9.17, 15) is 0 Å². The first-order valence-electron chi connectivity index (χ1n) is 6.09. The van der Waals surface area contributed by atoms with E-state index in [1.165, 1.54) is 32.1 Å². The molecule has 0 heterocycles. The predicted molar refractivity (Wildman–Crippen MR) is 60.5 cm³/mol. The molecule has 0 aromatic carbocycles. The molecule has 2 heteroatoms. The number of rotatable bonds is 8. The summed E-state index contributed by atoms with van der Waals surface area (Å²) in [5.41, 5.74) is 0. The molecule has 1 aliphatic rings.